The molecular formula is C31H33FN2O4. The molecule has 4 aromatic rings. The molecule has 0 radical (unpaired) electrons. The highest BCUT2D eigenvalue weighted by Crippen LogP contribution is 2.41. The molecule has 3 heterocycles. The average Bonchev–Trinajstić information content (AvgIpc) is 3.25. The van der Waals surface area contributed by atoms with Gasteiger partial charge in [0.05, 0.1) is 12.2 Å². The zero-order chi connectivity index (χ0) is 27.2. The van der Waals surface area contributed by atoms with Gasteiger partial charge in [0, 0.05) is 34.9 Å². The fraction of sp³-hybridized carbons (Fsp3) is 0.355. The maximum atomic E-state index is 14.3. The number of carboxylic acids is 1. The van der Waals surface area contributed by atoms with Gasteiger partial charge >= 0.3 is 5.97 Å². The summed E-state index contributed by atoms with van der Waals surface area (Å²) in [7, 11) is 0. The van der Waals surface area contributed by atoms with Gasteiger partial charge in [-0.3, -0.25) is 0 Å². The van der Waals surface area contributed by atoms with Crippen LogP contribution in [0.2, 0.25) is 0 Å². The number of aryl methyl sites for hydroxylation is 3. The lowest BCUT2D eigenvalue weighted by Crippen LogP contribution is -2.28. The summed E-state index contributed by atoms with van der Waals surface area (Å²) in [5.41, 5.74) is 5.32. The molecule has 0 saturated carbocycles. The SMILES string of the molecule is Cc1ccc(Cn2ccc3c(-c4ccc5c(c4)CCCO5)c(C(OC(C)(C)C)C(=O)O)c(C)nc32)cc1F. The Balaban J connectivity index is 1.73. The van der Waals surface area contributed by atoms with Crippen LogP contribution in [-0.2, 0) is 22.5 Å². The normalized spacial score (nSPS) is 14.3. The molecule has 38 heavy (non-hydrogen) atoms. The minimum absolute atomic E-state index is 0.244. The molecule has 1 atom stereocenters. The molecule has 5 rings (SSSR count). The number of hydrogen-bond donors (Lipinski definition) is 1. The molecule has 2 aromatic heterocycles. The summed E-state index contributed by atoms with van der Waals surface area (Å²) in [4.78, 5) is 17.5. The minimum atomic E-state index is -1.20. The van der Waals surface area contributed by atoms with E-state index >= 15 is 0 Å². The molecule has 6 nitrogen and oxygen atoms in total. The molecule has 1 aliphatic rings. The van der Waals surface area contributed by atoms with Crippen LogP contribution in [0.1, 0.15) is 61.2 Å². The number of aliphatic carboxylic acids is 1. The second kappa shape index (κ2) is 9.87. The number of carbonyl (C=O) groups is 1. The zero-order valence-electron chi connectivity index (χ0n) is 22.5. The molecule has 0 bridgehead atoms. The number of halogens is 1. The van der Waals surface area contributed by atoms with Crippen molar-refractivity contribution in [2.45, 2.75) is 65.7 Å². The van der Waals surface area contributed by atoms with Crippen molar-refractivity contribution < 1.29 is 23.8 Å². The average molecular weight is 517 g/mol. The summed E-state index contributed by atoms with van der Waals surface area (Å²) in [6, 6.07) is 13.2. The van der Waals surface area contributed by atoms with Gasteiger partial charge < -0.3 is 19.1 Å². The topological polar surface area (TPSA) is 73.6 Å². The van der Waals surface area contributed by atoms with Gasteiger partial charge in [0.2, 0.25) is 0 Å². The Morgan fingerprint density at radius 2 is 1.97 bits per heavy atom. The van der Waals surface area contributed by atoms with Gasteiger partial charge in [0.25, 0.3) is 0 Å². The summed E-state index contributed by atoms with van der Waals surface area (Å²) in [6.45, 7) is 10.2. The number of rotatable bonds is 6. The zero-order valence-corrected chi connectivity index (χ0v) is 22.5. The molecular weight excluding hydrogens is 483 g/mol. The Morgan fingerprint density at radius 3 is 2.68 bits per heavy atom. The summed E-state index contributed by atoms with van der Waals surface area (Å²) in [5, 5.41) is 11.1. The number of pyridine rings is 1. The highest BCUT2D eigenvalue weighted by atomic mass is 19.1. The number of nitrogens with zero attached hydrogens (tertiary/aromatic N) is 2. The van der Waals surface area contributed by atoms with Crippen LogP contribution < -0.4 is 4.74 Å². The van der Waals surface area contributed by atoms with Crippen LogP contribution in [0.25, 0.3) is 22.2 Å². The van der Waals surface area contributed by atoms with E-state index in [0.717, 1.165) is 46.2 Å². The van der Waals surface area contributed by atoms with Crippen LogP contribution in [-0.4, -0.2) is 32.8 Å². The van der Waals surface area contributed by atoms with Crippen LogP contribution in [0.3, 0.4) is 0 Å². The van der Waals surface area contributed by atoms with E-state index in [1.54, 1.807) is 19.1 Å². The van der Waals surface area contributed by atoms with Crippen LogP contribution in [0, 0.1) is 19.7 Å². The predicted molar refractivity (Wildman–Crippen MR) is 145 cm³/mol. The molecule has 1 aliphatic heterocycles. The van der Waals surface area contributed by atoms with E-state index in [1.807, 2.05) is 62.7 Å². The van der Waals surface area contributed by atoms with Gasteiger partial charge in [-0.2, -0.15) is 0 Å². The summed E-state index contributed by atoms with van der Waals surface area (Å²) >= 11 is 0. The third kappa shape index (κ3) is 5.03. The molecule has 7 heteroatoms. The lowest BCUT2D eigenvalue weighted by Gasteiger charge is -2.28. The lowest BCUT2D eigenvalue weighted by molar-refractivity contribution is -0.160. The van der Waals surface area contributed by atoms with Crippen molar-refractivity contribution in [3.63, 3.8) is 0 Å². The minimum Gasteiger partial charge on any atom is -0.493 e. The van der Waals surface area contributed by atoms with E-state index < -0.39 is 17.7 Å². The van der Waals surface area contributed by atoms with Gasteiger partial charge in [-0.25, -0.2) is 14.2 Å². The molecule has 0 saturated heterocycles. The summed E-state index contributed by atoms with van der Waals surface area (Å²) < 4.78 is 28.2. The second-order valence-electron chi connectivity index (χ2n) is 11.0. The maximum Gasteiger partial charge on any atom is 0.337 e. The fourth-order valence-electron chi connectivity index (χ4n) is 5.12. The Bertz CT molecular complexity index is 1530. The first-order chi connectivity index (χ1) is 18.0. The van der Waals surface area contributed by atoms with Crippen LogP contribution in [0.4, 0.5) is 4.39 Å². The van der Waals surface area contributed by atoms with Crippen LogP contribution in [0.5, 0.6) is 5.75 Å². The van der Waals surface area contributed by atoms with Crippen molar-refractivity contribution >= 4 is 17.0 Å². The van der Waals surface area contributed by atoms with E-state index in [1.165, 1.54) is 0 Å². The van der Waals surface area contributed by atoms with Gasteiger partial charge in [0.1, 0.15) is 17.2 Å². The van der Waals surface area contributed by atoms with Gasteiger partial charge in [0.15, 0.2) is 6.10 Å². The van der Waals surface area contributed by atoms with E-state index in [-0.39, 0.29) is 5.82 Å². The number of ether oxygens (including phenoxy) is 2. The van der Waals surface area contributed by atoms with Crippen molar-refractivity contribution in [3.8, 4) is 16.9 Å². The molecule has 0 spiro atoms. The Labute approximate surface area is 222 Å². The summed E-state index contributed by atoms with van der Waals surface area (Å²) in [6.07, 6.45) is 2.54. The van der Waals surface area contributed by atoms with E-state index in [4.69, 9.17) is 14.5 Å². The first-order valence-electron chi connectivity index (χ1n) is 12.9. The Kier molecular flexibility index (Phi) is 6.73. The van der Waals surface area contributed by atoms with E-state index in [0.29, 0.717) is 35.6 Å². The highest BCUT2D eigenvalue weighted by molar-refractivity contribution is 5.98. The molecule has 0 amide bonds. The predicted octanol–water partition coefficient (Wildman–Crippen LogP) is 6.77. The monoisotopic (exact) mass is 516 g/mol. The van der Waals surface area contributed by atoms with Gasteiger partial charge in [-0.1, -0.05) is 18.2 Å². The third-order valence-electron chi connectivity index (χ3n) is 6.88. The third-order valence-corrected chi connectivity index (χ3v) is 6.88. The molecule has 198 valence electrons. The summed E-state index contributed by atoms with van der Waals surface area (Å²) in [5.74, 6) is -0.449. The number of benzene rings is 2. The van der Waals surface area contributed by atoms with Crippen molar-refractivity contribution in [2.24, 2.45) is 0 Å². The highest BCUT2D eigenvalue weighted by Gasteiger charge is 2.33. The standard InChI is InChI=1S/C31H33FN2O4/c1-18-8-9-20(15-24(18)32)17-34-13-12-23-27(22-10-11-25-21(16-22)7-6-14-37-25)26(19(2)33-29(23)34)28(30(35)36)38-31(3,4)5/h8-13,15-16,28H,6-7,14,17H2,1-5H3,(H,35,36). The van der Waals surface area contributed by atoms with Crippen LogP contribution >= 0.6 is 0 Å². The molecule has 2 aromatic carbocycles. The van der Waals surface area contributed by atoms with Crippen LogP contribution in [0.15, 0.2) is 48.7 Å². The van der Waals surface area contributed by atoms with Crippen molar-refractivity contribution in [2.75, 3.05) is 6.61 Å². The lowest BCUT2D eigenvalue weighted by atomic mass is 9.90. The number of aromatic nitrogens is 2. The maximum absolute atomic E-state index is 14.3. The largest absolute Gasteiger partial charge is 0.493 e. The molecule has 1 unspecified atom stereocenters. The quantitative estimate of drug-likeness (QED) is 0.306. The van der Waals surface area contributed by atoms with Crippen molar-refractivity contribution in [1.82, 2.24) is 9.55 Å². The Hall–Kier alpha value is -3.71. The van der Waals surface area contributed by atoms with Crippen molar-refractivity contribution in [3.05, 3.63) is 82.4 Å². The van der Waals surface area contributed by atoms with Crippen molar-refractivity contribution in [1.29, 1.82) is 0 Å². The van der Waals surface area contributed by atoms with E-state index in [9.17, 15) is 14.3 Å². The first kappa shape index (κ1) is 25.9. The number of carboxylic acid groups (broad SMARTS) is 1. The molecule has 0 aliphatic carbocycles. The number of hydrogen-bond acceptors (Lipinski definition) is 4. The first-order valence-corrected chi connectivity index (χ1v) is 12.9. The second-order valence-corrected chi connectivity index (χ2v) is 11.0. The van der Waals surface area contributed by atoms with Gasteiger partial charge in [-0.15, -0.1) is 0 Å². The smallest absolute Gasteiger partial charge is 0.337 e. The fourth-order valence-corrected chi connectivity index (χ4v) is 5.12. The molecule has 1 N–H and O–H groups in total. The number of fused-ring (bicyclic) bond motifs is 2. The Morgan fingerprint density at radius 1 is 1.18 bits per heavy atom. The molecule has 0 fully saturated rings. The van der Waals surface area contributed by atoms with Gasteiger partial charge in [-0.05, 0) is 94.0 Å². The van der Waals surface area contributed by atoms with E-state index in [2.05, 4.69) is 6.07 Å².